The maximum absolute atomic E-state index is 12.6. The van der Waals surface area contributed by atoms with Crippen LogP contribution in [-0.4, -0.2) is 16.1 Å². The van der Waals surface area contributed by atoms with Crippen LogP contribution in [-0.2, 0) is 6.61 Å². The number of carbonyl (C=O) groups is 1. The fraction of sp³-hybridized carbons (Fsp3) is 0.0500. The van der Waals surface area contributed by atoms with Gasteiger partial charge in [-0.2, -0.15) is 0 Å². The normalized spacial score (nSPS) is 10.7. The van der Waals surface area contributed by atoms with Crippen molar-refractivity contribution in [3.63, 3.8) is 0 Å². The summed E-state index contributed by atoms with van der Waals surface area (Å²) in [6.45, 7) is 0.229. The summed E-state index contributed by atoms with van der Waals surface area (Å²) in [5.74, 6) is 1.16. The van der Waals surface area contributed by atoms with Crippen LogP contribution < -0.4 is 10.1 Å². The Kier molecular flexibility index (Phi) is 6.28. The van der Waals surface area contributed by atoms with Crippen LogP contribution in [0.15, 0.2) is 84.3 Å². The van der Waals surface area contributed by atoms with E-state index in [0.717, 1.165) is 13.7 Å². The lowest BCUT2D eigenvalue weighted by Gasteiger charge is -2.08. The molecule has 2 heterocycles. The molecule has 9 heteroatoms. The second-order valence-electron chi connectivity index (χ2n) is 5.77. The molecule has 4 rings (SSSR count). The molecule has 0 saturated carbocycles. The number of aromatic nitrogens is 2. The molecule has 0 aliphatic carbocycles. The maximum Gasteiger partial charge on any atom is 0.291 e. The van der Waals surface area contributed by atoms with Crippen LogP contribution in [0.2, 0.25) is 0 Å². The number of nitrogens with one attached hydrogen (secondary N) is 1. The Hall–Kier alpha value is -2.62. The molecule has 0 radical (unpaired) electrons. The minimum atomic E-state index is -0.330. The van der Waals surface area contributed by atoms with Crippen molar-refractivity contribution in [3.8, 4) is 5.75 Å². The number of anilines is 1. The fourth-order valence-corrected chi connectivity index (χ4v) is 4.33. The van der Waals surface area contributed by atoms with Gasteiger partial charge in [-0.3, -0.25) is 4.79 Å². The van der Waals surface area contributed by atoms with E-state index in [1.54, 1.807) is 17.6 Å². The second kappa shape index (κ2) is 9.25. The van der Waals surface area contributed by atoms with Gasteiger partial charge >= 0.3 is 0 Å². The number of furan rings is 1. The Bertz CT molecular complexity index is 1120. The van der Waals surface area contributed by atoms with Crippen LogP contribution in [0.4, 0.5) is 5.69 Å². The number of nitrogens with zero attached hydrogens (tertiary/aromatic N) is 2. The van der Waals surface area contributed by atoms with Crippen LogP contribution in [0.5, 0.6) is 5.75 Å². The zero-order chi connectivity index (χ0) is 20.1. The first-order valence-electron chi connectivity index (χ1n) is 8.49. The molecule has 0 aliphatic rings. The molecule has 2 aromatic carbocycles. The smallest absolute Gasteiger partial charge is 0.291 e. The quantitative estimate of drug-likeness (QED) is 0.350. The van der Waals surface area contributed by atoms with Gasteiger partial charge in [0.25, 0.3) is 5.91 Å². The average Bonchev–Trinajstić information content (AvgIpc) is 3.40. The number of halogens is 1. The van der Waals surface area contributed by atoms with Crippen molar-refractivity contribution in [2.24, 2.45) is 0 Å². The van der Waals surface area contributed by atoms with E-state index in [1.807, 2.05) is 48.5 Å². The monoisotopic (exact) mass is 487 g/mol. The number of ether oxygens (including phenoxy) is 1. The molecule has 0 saturated heterocycles. The lowest BCUT2D eigenvalue weighted by atomic mass is 10.3. The van der Waals surface area contributed by atoms with Crippen LogP contribution in [0, 0.1) is 0 Å². The van der Waals surface area contributed by atoms with Gasteiger partial charge in [-0.05, 0) is 42.5 Å². The van der Waals surface area contributed by atoms with Gasteiger partial charge in [-0.1, -0.05) is 57.2 Å². The molecular weight excluding hydrogens is 474 g/mol. The van der Waals surface area contributed by atoms with E-state index in [4.69, 9.17) is 9.15 Å². The van der Waals surface area contributed by atoms with Crippen molar-refractivity contribution in [3.05, 3.63) is 82.2 Å². The van der Waals surface area contributed by atoms with Gasteiger partial charge in [0.05, 0.1) is 5.69 Å². The average molecular weight is 488 g/mol. The highest BCUT2D eigenvalue weighted by Crippen LogP contribution is 2.34. The standard InChI is InChI=1S/C20H14BrN3O3S2/c21-13-4-3-5-14(10-13)26-11-15-8-9-17(27-15)19(25)23-16-6-1-2-7-18(16)29-20-24-22-12-28-20/h1-10,12H,11H2,(H,23,25). The molecule has 0 aliphatic heterocycles. The zero-order valence-corrected chi connectivity index (χ0v) is 18.1. The topological polar surface area (TPSA) is 77.2 Å². The van der Waals surface area contributed by atoms with Crippen molar-refractivity contribution in [2.75, 3.05) is 5.32 Å². The molecule has 0 bridgehead atoms. The second-order valence-corrected chi connectivity index (χ2v) is 8.81. The SMILES string of the molecule is O=C(Nc1ccccc1Sc1nncs1)c1ccc(COc2cccc(Br)c2)o1. The van der Waals surface area contributed by atoms with Crippen molar-refractivity contribution in [2.45, 2.75) is 15.8 Å². The van der Waals surface area contributed by atoms with Crippen molar-refractivity contribution >= 4 is 50.6 Å². The highest BCUT2D eigenvalue weighted by Gasteiger charge is 2.15. The van der Waals surface area contributed by atoms with Gasteiger partial charge < -0.3 is 14.5 Å². The Morgan fingerprint density at radius 3 is 2.90 bits per heavy atom. The first-order valence-corrected chi connectivity index (χ1v) is 11.0. The number of benzene rings is 2. The van der Waals surface area contributed by atoms with Gasteiger partial charge in [0.2, 0.25) is 0 Å². The molecule has 0 unspecified atom stereocenters. The third kappa shape index (κ3) is 5.26. The number of hydrogen-bond acceptors (Lipinski definition) is 7. The summed E-state index contributed by atoms with van der Waals surface area (Å²) in [6, 6.07) is 18.4. The molecule has 1 amide bonds. The Labute approximate surface area is 183 Å². The predicted molar refractivity (Wildman–Crippen MR) is 116 cm³/mol. The maximum atomic E-state index is 12.6. The minimum absolute atomic E-state index is 0.216. The fourth-order valence-electron chi connectivity index (χ4n) is 2.43. The number of amides is 1. The van der Waals surface area contributed by atoms with Gasteiger partial charge in [-0.15, -0.1) is 10.2 Å². The summed E-state index contributed by atoms with van der Waals surface area (Å²) in [4.78, 5) is 13.5. The van der Waals surface area contributed by atoms with Gasteiger partial charge in [0.1, 0.15) is 23.6 Å². The van der Waals surface area contributed by atoms with E-state index in [2.05, 4.69) is 31.4 Å². The van der Waals surface area contributed by atoms with E-state index in [9.17, 15) is 4.79 Å². The van der Waals surface area contributed by atoms with Crippen molar-refractivity contribution in [1.82, 2.24) is 10.2 Å². The Balaban J connectivity index is 1.41. The number of hydrogen-bond donors (Lipinski definition) is 1. The summed E-state index contributed by atoms with van der Waals surface area (Å²) in [5.41, 5.74) is 2.35. The summed E-state index contributed by atoms with van der Waals surface area (Å²) in [6.07, 6.45) is 0. The summed E-state index contributed by atoms with van der Waals surface area (Å²) in [7, 11) is 0. The van der Waals surface area contributed by atoms with E-state index in [0.29, 0.717) is 17.2 Å². The molecule has 0 fully saturated rings. The molecule has 4 aromatic rings. The van der Waals surface area contributed by atoms with Crippen LogP contribution >= 0.6 is 39.0 Å². The van der Waals surface area contributed by atoms with E-state index in [1.165, 1.54) is 23.1 Å². The summed E-state index contributed by atoms with van der Waals surface area (Å²) >= 11 is 6.29. The van der Waals surface area contributed by atoms with Crippen LogP contribution in [0.1, 0.15) is 16.3 Å². The zero-order valence-electron chi connectivity index (χ0n) is 14.9. The number of rotatable bonds is 7. The van der Waals surface area contributed by atoms with Crippen LogP contribution in [0.3, 0.4) is 0 Å². The van der Waals surface area contributed by atoms with Crippen LogP contribution in [0.25, 0.3) is 0 Å². The van der Waals surface area contributed by atoms with E-state index >= 15 is 0 Å². The number of carbonyl (C=O) groups excluding carboxylic acids is 1. The van der Waals surface area contributed by atoms with Gasteiger partial charge in [-0.25, -0.2) is 0 Å². The third-order valence-electron chi connectivity index (χ3n) is 3.74. The third-order valence-corrected chi connectivity index (χ3v) is 6.08. The summed E-state index contributed by atoms with van der Waals surface area (Å²) in [5, 5.41) is 10.8. The summed E-state index contributed by atoms with van der Waals surface area (Å²) < 4.78 is 13.1. The van der Waals surface area contributed by atoms with E-state index in [-0.39, 0.29) is 18.3 Å². The largest absolute Gasteiger partial charge is 0.486 e. The van der Waals surface area contributed by atoms with Crippen molar-refractivity contribution < 1.29 is 13.9 Å². The lowest BCUT2D eigenvalue weighted by molar-refractivity contribution is 0.0992. The predicted octanol–water partition coefficient (Wildman–Crippen LogP) is 5.88. The molecule has 2 aromatic heterocycles. The molecule has 6 nitrogen and oxygen atoms in total. The molecule has 1 N–H and O–H groups in total. The molecule has 146 valence electrons. The first-order chi connectivity index (χ1) is 14.2. The molecular formula is C20H14BrN3O3S2. The minimum Gasteiger partial charge on any atom is -0.486 e. The van der Waals surface area contributed by atoms with Gasteiger partial charge in [0, 0.05) is 9.37 Å². The van der Waals surface area contributed by atoms with Gasteiger partial charge in [0.15, 0.2) is 10.1 Å². The number of para-hydroxylation sites is 1. The first kappa shape index (κ1) is 19.7. The Morgan fingerprint density at radius 1 is 1.17 bits per heavy atom. The highest BCUT2D eigenvalue weighted by molar-refractivity contribution is 9.10. The van der Waals surface area contributed by atoms with E-state index < -0.39 is 0 Å². The highest BCUT2D eigenvalue weighted by atomic mass is 79.9. The Morgan fingerprint density at radius 2 is 2.07 bits per heavy atom. The lowest BCUT2D eigenvalue weighted by Crippen LogP contribution is -2.11. The molecule has 0 atom stereocenters. The van der Waals surface area contributed by atoms with Crippen molar-refractivity contribution in [1.29, 1.82) is 0 Å². The molecule has 29 heavy (non-hydrogen) atoms. The molecule has 0 spiro atoms.